The summed E-state index contributed by atoms with van der Waals surface area (Å²) in [5, 5.41) is 4.12. The van der Waals surface area contributed by atoms with Crippen LogP contribution in [-0.4, -0.2) is 83.5 Å². The van der Waals surface area contributed by atoms with Crippen molar-refractivity contribution in [2.45, 2.75) is 43.0 Å². The number of nitrogens with one attached hydrogen (secondary N) is 1. The van der Waals surface area contributed by atoms with Crippen LogP contribution in [0.4, 0.5) is 0 Å². The number of imidazole rings is 1. The van der Waals surface area contributed by atoms with Crippen molar-refractivity contribution in [2.24, 2.45) is 5.92 Å². The number of likely N-dealkylation sites (N-methyl/N-ethyl adjacent to an activating group) is 1. The minimum atomic E-state index is -3.76. The fraction of sp³-hybridized carbons (Fsp3) is 0.684. The van der Waals surface area contributed by atoms with Crippen LogP contribution >= 0.6 is 0 Å². The molecule has 2 aliphatic rings. The van der Waals surface area contributed by atoms with E-state index in [9.17, 15) is 13.2 Å². The fourth-order valence-corrected chi connectivity index (χ4v) is 5.05. The maximum atomic E-state index is 12.6. The van der Waals surface area contributed by atoms with Gasteiger partial charge in [0.15, 0.2) is 10.9 Å². The van der Waals surface area contributed by atoms with Gasteiger partial charge in [-0.2, -0.15) is 9.29 Å². The van der Waals surface area contributed by atoms with E-state index in [0.717, 1.165) is 49.0 Å². The number of likely N-dealkylation sites (tertiary alicyclic amines) is 1. The lowest BCUT2D eigenvalue weighted by atomic mass is 9.93. The van der Waals surface area contributed by atoms with Crippen LogP contribution in [0.1, 0.15) is 43.3 Å². The van der Waals surface area contributed by atoms with Gasteiger partial charge in [0.25, 0.3) is 10.0 Å². The summed E-state index contributed by atoms with van der Waals surface area (Å²) in [6.45, 7) is 2.44. The first kappa shape index (κ1) is 21.9. The van der Waals surface area contributed by atoms with Crippen molar-refractivity contribution in [2.75, 3.05) is 39.9 Å². The molecule has 0 aliphatic carbocycles. The SMILES string of the molecule is CN(CC(=O)N1CCC(Cc2nc(C3CCOCC3)no2)CC1)S(=O)(=O)c1cnc[nH]1. The number of sulfonamides is 1. The number of piperidine rings is 1. The van der Waals surface area contributed by atoms with E-state index in [1.807, 2.05) is 0 Å². The number of hydrogen-bond donors (Lipinski definition) is 1. The molecule has 2 aromatic heterocycles. The number of carbonyl (C=O) groups excluding carboxylic acids is 1. The zero-order valence-corrected chi connectivity index (χ0v) is 18.4. The van der Waals surface area contributed by atoms with Crippen LogP contribution in [0.25, 0.3) is 0 Å². The highest BCUT2D eigenvalue weighted by Crippen LogP contribution is 2.26. The Morgan fingerprint density at radius 1 is 1.26 bits per heavy atom. The molecule has 1 N–H and O–H groups in total. The first-order chi connectivity index (χ1) is 14.9. The molecule has 0 bridgehead atoms. The average Bonchev–Trinajstić information content (AvgIpc) is 3.48. The van der Waals surface area contributed by atoms with E-state index >= 15 is 0 Å². The number of aromatic nitrogens is 4. The fourth-order valence-electron chi connectivity index (χ4n) is 4.03. The minimum absolute atomic E-state index is 0.0267. The number of H-pyrrole nitrogens is 1. The second-order valence-corrected chi connectivity index (χ2v) is 10.2. The lowest BCUT2D eigenvalue weighted by molar-refractivity contribution is -0.132. The molecule has 2 saturated heterocycles. The van der Waals surface area contributed by atoms with Gasteiger partial charge in [0.05, 0.1) is 19.1 Å². The summed E-state index contributed by atoms with van der Waals surface area (Å²) in [5.74, 6) is 1.88. The summed E-state index contributed by atoms with van der Waals surface area (Å²) in [7, 11) is -2.36. The Balaban J connectivity index is 1.25. The Hall–Kier alpha value is -2.31. The van der Waals surface area contributed by atoms with Gasteiger partial charge in [0.2, 0.25) is 11.8 Å². The van der Waals surface area contributed by atoms with E-state index in [0.29, 0.717) is 37.2 Å². The molecule has 0 atom stereocenters. The van der Waals surface area contributed by atoms with Crippen molar-refractivity contribution < 1.29 is 22.5 Å². The number of hydrogen-bond acceptors (Lipinski definition) is 8. The Kier molecular flexibility index (Phi) is 6.68. The third kappa shape index (κ3) is 5.13. The van der Waals surface area contributed by atoms with Crippen LogP contribution in [-0.2, 0) is 26.0 Å². The van der Waals surface area contributed by atoms with Gasteiger partial charge in [0.1, 0.15) is 0 Å². The summed E-state index contributed by atoms with van der Waals surface area (Å²) in [6.07, 6.45) is 6.70. The maximum absolute atomic E-state index is 12.6. The highest BCUT2D eigenvalue weighted by atomic mass is 32.2. The van der Waals surface area contributed by atoms with Gasteiger partial charge in [-0.15, -0.1) is 0 Å². The molecule has 2 aliphatic heterocycles. The largest absolute Gasteiger partial charge is 0.381 e. The monoisotopic (exact) mass is 452 g/mol. The third-order valence-electron chi connectivity index (χ3n) is 6.02. The van der Waals surface area contributed by atoms with Crippen LogP contribution in [0.2, 0.25) is 0 Å². The second kappa shape index (κ2) is 9.45. The Bertz CT molecular complexity index is 962. The molecular formula is C19H28N6O5S. The van der Waals surface area contributed by atoms with Crippen molar-refractivity contribution in [3.63, 3.8) is 0 Å². The minimum Gasteiger partial charge on any atom is -0.381 e. The van der Waals surface area contributed by atoms with Gasteiger partial charge in [-0.1, -0.05) is 5.16 Å². The molecule has 2 aromatic rings. The Labute approximate surface area is 181 Å². The molecule has 1 amide bonds. The standard InChI is InChI=1S/C19H28N6O5S/c1-24(31(27,28)17-11-20-13-21-17)12-18(26)25-6-2-14(3-7-25)10-16-22-19(23-30-16)15-4-8-29-9-5-15/h11,13-15H,2-10,12H2,1H3,(H,20,21). The zero-order valence-electron chi connectivity index (χ0n) is 17.6. The summed E-state index contributed by atoms with van der Waals surface area (Å²) in [6, 6.07) is 0. The molecule has 0 spiro atoms. The lowest BCUT2D eigenvalue weighted by Gasteiger charge is -2.32. The van der Waals surface area contributed by atoms with Crippen LogP contribution < -0.4 is 0 Å². The predicted octanol–water partition coefficient (Wildman–Crippen LogP) is 0.789. The number of ether oxygens (including phenoxy) is 1. The normalized spacial score (nSPS) is 19.2. The van der Waals surface area contributed by atoms with Gasteiger partial charge >= 0.3 is 0 Å². The Morgan fingerprint density at radius 2 is 2.00 bits per heavy atom. The zero-order chi connectivity index (χ0) is 21.8. The van der Waals surface area contributed by atoms with Crippen molar-refractivity contribution >= 4 is 15.9 Å². The van der Waals surface area contributed by atoms with E-state index in [1.165, 1.54) is 19.6 Å². The number of carbonyl (C=O) groups is 1. The van der Waals surface area contributed by atoms with Crippen LogP contribution in [0.15, 0.2) is 22.1 Å². The molecule has 0 saturated carbocycles. The molecule has 31 heavy (non-hydrogen) atoms. The molecule has 12 heteroatoms. The highest BCUT2D eigenvalue weighted by molar-refractivity contribution is 7.89. The number of aromatic amines is 1. The van der Waals surface area contributed by atoms with Crippen molar-refractivity contribution in [3.05, 3.63) is 24.2 Å². The molecule has 0 unspecified atom stereocenters. The van der Waals surface area contributed by atoms with Gasteiger partial charge in [-0.25, -0.2) is 13.4 Å². The van der Waals surface area contributed by atoms with Gasteiger partial charge < -0.3 is 19.1 Å². The van der Waals surface area contributed by atoms with Crippen LogP contribution in [0, 0.1) is 5.92 Å². The van der Waals surface area contributed by atoms with E-state index < -0.39 is 10.0 Å². The lowest BCUT2D eigenvalue weighted by Crippen LogP contribution is -2.44. The van der Waals surface area contributed by atoms with Gasteiger partial charge in [-0.3, -0.25) is 4.79 Å². The maximum Gasteiger partial charge on any atom is 0.260 e. The van der Waals surface area contributed by atoms with E-state index in [2.05, 4.69) is 20.1 Å². The summed E-state index contributed by atoms with van der Waals surface area (Å²) >= 11 is 0. The number of rotatable bonds is 7. The smallest absolute Gasteiger partial charge is 0.260 e. The van der Waals surface area contributed by atoms with E-state index in [-0.39, 0.29) is 17.5 Å². The quantitative estimate of drug-likeness (QED) is 0.651. The summed E-state index contributed by atoms with van der Waals surface area (Å²) in [5.41, 5.74) is 0. The second-order valence-electron chi connectivity index (χ2n) is 8.14. The molecular weight excluding hydrogens is 424 g/mol. The Morgan fingerprint density at radius 3 is 2.68 bits per heavy atom. The molecule has 0 radical (unpaired) electrons. The summed E-state index contributed by atoms with van der Waals surface area (Å²) in [4.78, 5) is 25.2. The first-order valence-electron chi connectivity index (χ1n) is 10.6. The van der Waals surface area contributed by atoms with Crippen molar-refractivity contribution in [1.29, 1.82) is 0 Å². The van der Waals surface area contributed by atoms with Crippen LogP contribution in [0.3, 0.4) is 0 Å². The number of amides is 1. The average molecular weight is 453 g/mol. The molecule has 170 valence electrons. The van der Waals surface area contributed by atoms with Crippen molar-refractivity contribution in [1.82, 2.24) is 29.3 Å². The molecule has 2 fully saturated rings. The molecule has 4 heterocycles. The summed E-state index contributed by atoms with van der Waals surface area (Å²) < 4.78 is 36.8. The van der Waals surface area contributed by atoms with Crippen molar-refractivity contribution in [3.8, 4) is 0 Å². The highest BCUT2D eigenvalue weighted by Gasteiger charge is 2.29. The molecule has 11 nitrogen and oxygen atoms in total. The first-order valence-corrected chi connectivity index (χ1v) is 12.0. The predicted molar refractivity (Wildman–Crippen MR) is 109 cm³/mol. The van der Waals surface area contributed by atoms with E-state index in [4.69, 9.17) is 9.26 Å². The van der Waals surface area contributed by atoms with Gasteiger partial charge in [-0.05, 0) is 31.6 Å². The molecule has 4 rings (SSSR count). The molecule has 0 aromatic carbocycles. The number of nitrogens with zero attached hydrogens (tertiary/aromatic N) is 5. The topological polar surface area (TPSA) is 135 Å². The van der Waals surface area contributed by atoms with Gasteiger partial charge in [0, 0.05) is 45.7 Å². The van der Waals surface area contributed by atoms with E-state index in [1.54, 1.807) is 4.90 Å². The van der Waals surface area contributed by atoms with Crippen LogP contribution in [0.5, 0.6) is 0 Å². The third-order valence-corrected chi connectivity index (χ3v) is 7.75.